The van der Waals surface area contributed by atoms with Crippen molar-refractivity contribution in [1.82, 2.24) is 0 Å². The quantitative estimate of drug-likeness (QED) is 0.568. The third-order valence-corrected chi connectivity index (χ3v) is 4.07. The minimum atomic E-state index is -0.880. The van der Waals surface area contributed by atoms with Crippen LogP contribution in [-0.4, -0.2) is 44.2 Å². The van der Waals surface area contributed by atoms with E-state index in [0.29, 0.717) is 19.6 Å². The summed E-state index contributed by atoms with van der Waals surface area (Å²) >= 11 is 0. The molecule has 1 aliphatic carbocycles. The average molecular weight is 300 g/mol. The van der Waals surface area contributed by atoms with Gasteiger partial charge in [0.05, 0.1) is 26.4 Å². The maximum Gasteiger partial charge on any atom is 0.320 e. The first kappa shape index (κ1) is 16.2. The molecule has 2 rings (SSSR count). The van der Waals surface area contributed by atoms with Gasteiger partial charge in [-0.1, -0.05) is 0 Å². The van der Waals surface area contributed by atoms with Crippen LogP contribution < -0.4 is 0 Å². The van der Waals surface area contributed by atoms with Gasteiger partial charge in [-0.05, 0) is 32.6 Å². The number of hydrogen-bond acceptors (Lipinski definition) is 6. The molecule has 0 amide bonds. The van der Waals surface area contributed by atoms with E-state index in [-0.39, 0.29) is 19.1 Å². The molecule has 1 spiro atoms. The molecular weight excluding hydrogens is 276 g/mol. The minimum absolute atomic E-state index is 0.157. The number of hydrogen-bond donors (Lipinski definition) is 0. The number of carbonyl (C=O) groups is 2. The van der Waals surface area contributed by atoms with Crippen LogP contribution in [0.3, 0.4) is 0 Å². The predicted molar refractivity (Wildman–Crippen MR) is 73.3 cm³/mol. The highest BCUT2D eigenvalue weighted by Crippen LogP contribution is 2.42. The summed E-state index contributed by atoms with van der Waals surface area (Å²) in [5, 5.41) is 0. The molecule has 1 heterocycles. The topological polar surface area (TPSA) is 71.1 Å². The third kappa shape index (κ3) is 3.74. The van der Waals surface area contributed by atoms with Gasteiger partial charge in [-0.2, -0.15) is 0 Å². The van der Waals surface area contributed by atoms with Crippen molar-refractivity contribution in [1.29, 1.82) is 0 Å². The summed E-state index contributed by atoms with van der Waals surface area (Å²) < 4.78 is 21.5. The van der Waals surface area contributed by atoms with E-state index in [1.54, 1.807) is 13.8 Å². The van der Waals surface area contributed by atoms with Gasteiger partial charge in [0.15, 0.2) is 11.7 Å². The Morgan fingerprint density at radius 2 is 1.71 bits per heavy atom. The number of carbonyl (C=O) groups excluding carboxylic acids is 2. The van der Waals surface area contributed by atoms with Crippen LogP contribution in [-0.2, 0) is 28.5 Å². The Morgan fingerprint density at radius 3 is 2.24 bits per heavy atom. The average Bonchev–Trinajstić information content (AvgIpc) is 2.87. The second kappa shape index (κ2) is 7.22. The van der Waals surface area contributed by atoms with Crippen LogP contribution in [0.2, 0.25) is 0 Å². The number of rotatable bonds is 5. The molecule has 2 fully saturated rings. The van der Waals surface area contributed by atoms with E-state index in [2.05, 4.69) is 0 Å². The molecule has 120 valence electrons. The molecule has 0 aromatic carbocycles. The van der Waals surface area contributed by atoms with E-state index in [0.717, 1.165) is 19.3 Å². The second-order valence-corrected chi connectivity index (χ2v) is 5.45. The van der Waals surface area contributed by atoms with Crippen LogP contribution in [0.5, 0.6) is 0 Å². The Morgan fingerprint density at radius 1 is 1.14 bits per heavy atom. The Labute approximate surface area is 125 Å². The summed E-state index contributed by atoms with van der Waals surface area (Å²) in [6.45, 7) is 5.09. The van der Waals surface area contributed by atoms with Crippen LogP contribution in [0.25, 0.3) is 0 Å². The van der Waals surface area contributed by atoms with Gasteiger partial charge >= 0.3 is 11.9 Å². The first-order chi connectivity index (χ1) is 10.1. The molecule has 0 bridgehead atoms. The van der Waals surface area contributed by atoms with Gasteiger partial charge in [0.1, 0.15) is 0 Å². The molecule has 1 saturated heterocycles. The molecular formula is C15H24O6. The van der Waals surface area contributed by atoms with Crippen molar-refractivity contribution >= 4 is 11.9 Å². The summed E-state index contributed by atoms with van der Waals surface area (Å²) in [6, 6.07) is 0. The fourth-order valence-electron chi connectivity index (χ4n) is 3.23. The van der Waals surface area contributed by atoms with E-state index >= 15 is 0 Å². The van der Waals surface area contributed by atoms with Crippen molar-refractivity contribution in [2.45, 2.75) is 45.3 Å². The van der Waals surface area contributed by atoms with Crippen molar-refractivity contribution in [3.63, 3.8) is 0 Å². The highest BCUT2D eigenvalue weighted by atomic mass is 16.7. The Hall–Kier alpha value is -1.14. The highest BCUT2D eigenvalue weighted by molar-refractivity contribution is 5.95. The molecule has 2 aliphatic rings. The van der Waals surface area contributed by atoms with Crippen molar-refractivity contribution in [2.75, 3.05) is 26.4 Å². The molecule has 0 radical (unpaired) electrons. The van der Waals surface area contributed by atoms with Crippen LogP contribution in [0.1, 0.15) is 39.5 Å². The van der Waals surface area contributed by atoms with E-state index in [1.165, 1.54) is 0 Å². The lowest BCUT2D eigenvalue weighted by atomic mass is 9.77. The van der Waals surface area contributed by atoms with Gasteiger partial charge in [0.2, 0.25) is 0 Å². The van der Waals surface area contributed by atoms with Gasteiger partial charge < -0.3 is 18.9 Å². The molecule has 1 atom stereocenters. The Kier molecular flexibility index (Phi) is 5.58. The maximum absolute atomic E-state index is 12.2. The summed E-state index contributed by atoms with van der Waals surface area (Å²) in [6.07, 6.45) is 2.98. The van der Waals surface area contributed by atoms with Gasteiger partial charge in [0.25, 0.3) is 0 Å². The lowest BCUT2D eigenvalue weighted by Crippen LogP contribution is -2.43. The van der Waals surface area contributed by atoms with Gasteiger partial charge in [-0.15, -0.1) is 0 Å². The third-order valence-electron chi connectivity index (χ3n) is 4.07. The monoisotopic (exact) mass is 300 g/mol. The van der Waals surface area contributed by atoms with Crippen molar-refractivity contribution < 1.29 is 28.5 Å². The standard InChI is InChI=1S/C15H24O6/c1-3-18-13(16)12(14(17)19-4-2)11-6-5-7-15(10-11)20-8-9-21-15/h11-12H,3-10H2,1-2H3. The zero-order valence-electron chi connectivity index (χ0n) is 12.8. The van der Waals surface area contributed by atoms with E-state index in [9.17, 15) is 9.59 Å². The highest BCUT2D eigenvalue weighted by Gasteiger charge is 2.47. The zero-order chi connectivity index (χ0) is 15.3. The van der Waals surface area contributed by atoms with Crippen LogP contribution in [0, 0.1) is 11.8 Å². The number of esters is 2. The fraction of sp³-hybridized carbons (Fsp3) is 0.867. The Balaban J connectivity index is 2.11. The van der Waals surface area contributed by atoms with Gasteiger partial charge in [0, 0.05) is 12.8 Å². The summed E-state index contributed by atoms with van der Waals surface area (Å²) in [7, 11) is 0. The van der Waals surface area contributed by atoms with Gasteiger partial charge in [-0.3, -0.25) is 9.59 Å². The second-order valence-electron chi connectivity index (χ2n) is 5.45. The smallest absolute Gasteiger partial charge is 0.320 e. The van der Waals surface area contributed by atoms with Crippen molar-refractivity contribution in [2.24, 2.45) is 11.8 Å². The molecule has 6 nitrogen and oxygen atoms in total. The van der Waals surface area contributed by atoms with Crippen molar-refractivity contribution in [3.8, 4) is 0 Å². The Bertz CT molecular complexity index is 356. The van der Waals surface area contributed by atoms with Crippen LogP contribution >= 0.6 is 0 Å². The molecule has 0 N–H and O–H groups in total. The number of ether oxygens (including phenoxy) is 4. The largest absolute Gasteiger partial charge is 0.465 e. The minimum Gasteiger partial charge on any atom is -0.465 e. The molecule has 6 heteroatoms. The summed E-state index contributed by atoms with van der Waals surface area (Å²) in [4.78, 5) is 24.3. The maximum atomic E-state index is 12.2. The molecule has 21 heavy (non-hydrogen) atoms. The van der Waals surface area contributed by atoms with E-state index in [4.69, 9.17) is 18.9 Å². The zero-order valence-corrected chi connectivity index (χ0v) is 12.8. The van der Waals surface area contributed by atoms with E-state index in [1.807, 2.05) is 0 Å². The molecule has 1 unspecified atom stereocenters. The van der Waals surface area contributed by atoms with Crippen LogP contribution in [0.4, 0.5) is 0 Å². The molecule has 1 aliphatic heterocycles. The lowest BCUT2D eigenvalue weighted by molar-refractivity contribution is -0.196. The summed E-state index contributed by atoms with van der Waals surface area (Å²) in [5.41, 5.74) is 0. The lowest BCUT2D eigenvalue weighted by Gasteiger charge is -2.38. The molecule has 0 aromatic rings. The first-order valence-electron chi connectivity index (χ1n) is 7.73. The fourth-order valence-corrected chi connectivity index (χ4v) is 3.23. The van der Waals surface area contributed by atoms with Crippen LogP contribution in [0.15, 0.2) is 0 Å². The van der Waals surface area contributed by atoms with Gasteiger partial charge in [-0.25, -0.2) is 0 Å². The SMILES string of the molecule is CCOC(=O)C(C(=O)OCC)C1CCCC2(C1)OCCO2. The predicted octanol–water partition coefficient (Wildman–Crippen LogP) is 1.66. The van der Waals surface area contributed by atoms with E-state index < -0.39 is 23.6 Å². The summed E-state index contributed by atoms with van der Waals surface area (Å²) in [5.74, 6) is -2.67. The normalized spacial score (nSPS) is 24.2. The van der Waals surface area contributed by atoms with Crippen molar-refractivity contribution in [3.05, 3.63) is 0 Å². The molecule has 0 aromatic heterocycles. The molecule has 1 saturated carbocycles. The first-order valence-corrected chi connectivity index (χ1v) is 7.73.